The van der Waals surface area contributed by atoms with Crippen molar-refractivity contribution in [2.24, 2.45) is 5.10 Å². The molecule has 0 aliphatic heterocycles. The van der Waals surface area contributed by atoms with Crippen LogP contribution in [0.25, 0.3) is 0 Å². The molecule has 0 heterocycles. The minimum Gasteiger partial charge on any atom is -0.497 e. The molecule has 2 N–H and O–H groups in total. The van der Waals surface area contributed by atoms with Crippen molar-refractivity contribution in [3.8, 4) is 5.75 Å². The van der Waals surface area contributed by atoms with Gasteiger partial charge in [0.1, 0.15) is 11.8 Å². The van der Waals surface area contributed by atoms with Crippen molar-refractivity contribution in [1.29, 1.82) is 0 Å². The molecular formula is C19H20BrN3O3. The van der Waals surface area contributed by atoms with E-state index in [2.05, 4.69) is 31.8 Å². The zero-order valence-electron chi connectivity index (χ0n) is 14.5. The van der Waals surface area contributed by atoms with E-state index in [4.69, 9.17) is 4.74 Å². The number of benzene rings is 2. The van der Waals surface area contributed by atoms with Gasteiger partial charge < -0.3 is 10.1 Å². The van der Waals surface area contributed by atoms with Crippen molar-refractivity contribution in [3.63, 3.8) is 0 Å². The maximum Gasteiger partial charge on any atom is 0.262 e. The number of ether oxygens (including phenoxy) is 1. The van der Waals surface area contributed by atoms with Gasteiger partial charge in [-0.25, -0.2) is 5.43 Å². The van der Waals surface area contributed by atoms with Crippen LogP contribution in [-0.4, -0.2) is 31.2 Å². The van der Waals surface area contributed by atoms with Crippen LogP contribution in [0.3, 0.4) is 0 Å². The van der Waals surface area contributed by atoms with Crippen LogP contribution >= 0.6 is 15.9 Å². The predicted octanol–water partition coefficient (Wildman–Crippen LogP) is 2.66. The van der Waals surface area contributed by atoms with Crippen LogP contribution in [0.15, 0.2) is 58.1 Å². The molecular weight excluding hydrogens is 398 g/mol. The summed E-state index contributed by atoms with van der Waals surface area (Å²) in [6.07, 6.45) is 1.72. The third kappa shape index (κ3) is 6.33. The number of carbonyl (C=O) groups is 2. The van der Waals surface area contributed by atoms with E-state index in [0.29, 0.717) is 0 Å². The highest BCUT2D eigenvalue weighted by Gasteiger charge is 2.15. The minimum absolute atomic E-state index is 0.184. The predicted molar refractivity (Wildman–Crippen MR) is 104 cm³/mol. The fourth-order valence-corrected chi connectivity index (χ4v) is 2.37. The molecule has 6 nitrogen and oxygen atoms in total. The molecule has 26 heavy (non-hydrogen) atoms. The van der Waals surface area contributed by atoms with Gasteiger partial charge in [0.25, 0.3) is 5.91 Å². The fraction of sp³-hybridized carbons (Fsp3) is 0.211. The smallest absolute Gasteiger partial charge is 0.262 e. The van der Waals surface area contributed by atoms with Crippen LogP contribution in [0.2, 0.25) is 0 Å². The monoisotopic (exact) mass is 417 g/mol. The summed E-state index contributed by atoms with van der Waals surface area (Å²) in [6.45, 7) is 1.61. The van der Waals surface area contributed by atoms with E-state index in [1.54, 1.807) is 26.2 Å². The highest BCUT2D eigenvalue weighted by Crippen LogP contribution is 2.11. The highest BCUT2D eigenvalue weighted by atomic mass is 79.9. The number of nitrogens with zero attached hydrogens (tertiary/aromatic N) is 1. The summed E-state index contributed by atoms with van der Waals surface area (Å²) in [6, 6.07) is 14.0. The van der Waals surface area contributed by atoms with Gasteiger partial charge in [0.2, 0.25) is 5.91 Å². The Morgan fingerprint density at radius 1 is 1.15 bits per heavy atom. The van der Waals surface area contributed by atoms with Gasteiger partial charge in [0, 0.05) is 4.47 Å². The molecule has 1 unspecified atom stereocenters. The Kier molecular flexibility index (Phi) is 7.35. The van der Waals surface area contributed by atoms with Crippen LogP contribution in [0, 0.1) is 0 Å². The molecule has 0 aromatic heterocycles. The number of methoxy groups -OCH3 is 1. The Balaban J connectivity index is 1.79. The molecule has 2 aromatic rings. The van der Waals surface area contributed by atoms with E-state index in [-0.39, 0.29) is 18.2 Å². The van der Waals surface area contributed by atoms with Crippen molar-refractivity contribution in [2.75, 3.05) is 7.11 Å². The largest absolute Gasteiger partial charge is 0.497 e. The summed E-state index contributed by atoms with van der Waals surface area (Å²) in [5.41, 5.74) is 4.11. The first-order chi connectivity index (χ1) is 12.5. The summed E-state index contributed by atoms with van der Waals surface area (Å²) in [7, 11) is 1.58. The summed E-state index contributed by atoms with van der Waals surface area (Å²) in [5, 5.41) is 6.55. The van der Waals surface area contributed by atoms with E-state index < -0.39 is 6.04 Å². The SMILES string of the molecule is COc1ccc(CC(=O)NC(C)C(=O)NN=Cc2ccc(Br)cc2)cc1. The molecule has 1 atom stereocenters. The van der Waals surface area contributed by atoms with Gasteiger partial charge in [-0.15, -0.1) is 0 Å². The Bertz CT molecular complexity index is 774. The molecule has 2 aromatic carbocycles. The number of carbonyl (C=O) groups excluding carboxylic acids is 2. The number of halogens is 1. The second-order valence-electron chi connectivity index (χ2n) is 5.60. The van der Waals surface area contributed by atoms with Crippen LogP contribution in [0.1, 0.15) is 18.1 Å². The normalized spacial score (nSPS) is 11.8. The number of hydrogen-bond acceptors (Lipinski definition) is 4. The van der Waals surface area contributed by atoms with Crippen LogP contribution in [-0.2, 0) is 16.0 Å². The molecule has 0 saturated heterocycles. The second-order valence-corrected chi connectivity index (χ2v) is 6.52. The Morgan fingerprint density at radius 2 is 1.81 bits per heavy atom. The lowest BCUT2D eigenvalue weighted by Crippen LogP contribution is -2.43. The Morgan fingerprint density at radius 3 is 2.42 bits per heavy atom. The minimum atomic E-state index is -0.692. The first-order valence-corrected chi connectivity index (χ1v) is 8.78. The van der Waals surface area contributed by atoms with Crippen LogP contribution in [0.4, 0.5) is 0 Å². The summed E-state index contributed by atoms with van der Waals surface area (Å²) in [4.78, 5) is 24.0. The number of hydrazone groups is 1. The van der Waals surface area contributed by atoms with Gasteiger partial charge in [0.15, 0.2) is 0 Å². The van der Waals surface area contributed by atoms with Gasteiger partial charge in [-0.3, -0.25) is 9.59 Å². The summed E-state index contributed by atoms with van der Waals surface area (Å²) >= 11 is 3.35. The zero-order chi connectivity index (χ0) is 18.9. The molecule has 2 rings (SSSR count). The lowest BCUT2D eigenvalue weighted by molar-refractivity contribution is -0.128. The van der Waals surface area contributed by atoms with Crippen LogP contribution < -0.4 is 15.5 Å². The van der Waals surface area contributed by atoms with Gasteiger partial charge in [0.05, 0.1) is 19.7 Å². The maximum atomic E-state index is 12.0. The fourth-order valence-electron chi connectivity index (χ4n) is 2.10. The van der Waals surface area contributed by atoms with E-state index in [1.165, 1.54) is 6.21 Å². The molecule has 0 radical (unpaired) electrons. The maximum absolute atomic E-state index is 12.0. The Hall–Kier alpha value is -2.67. The van der Waals surface area contributed by atoms with Crippen molar-refractivity contribution in [3.05, 3.63) is 64.1 Å². The second kappa shape index (κ2) is 9.72. The van der Waals surface area contributed by atoms with Gasteiger partial charge in [-0.1, -0.05) is 40.2 Å². The molecule has 0 aliphatic rings. The van der Waals surface area contributed by atoms with E-state index in [9.17, 15) is 9.59 Å². The zero-order valence-corrected chi connectivity index (χ0v) is 16.1. The van der Waals surface area contributed by atoms with E-state index >= 15 is 0 Å². The standard InChI is InChI=1S/C19H20BrN3O3/c1-13(19(25)23-21-12-15-3-7-16(20)8-4-15)22-18(24)11-14-5-9-17(26-2)10-6-14/h3-10,12-13H,11H2,1-2H3,(H,22,24)(H,23,25). The molecule has 0 bridgehead atoms. The third-order valence-corrected chi connectivity index (χ3v) is 4.08. The molecule has 0 aliphatic carbocycles. The Labute approximate surface area is 160 Å². The molecule has 7 heteroatoms. The number of hydrogen-bond donors (Lipinski definition) is 2. The summed E-state index contributed by atoms with van der Waals surface area (Å²) < 4.78 is 6.04. The quantitative estimate of drug-likeness (QED) is 0.536. The lowest BCUT2D eigenvalue weighted by atomic mass is 10.1. The first-order valence-electron chi connectivity index (χ1n) is 7.98. The molecule has 0 spiro atoms. The van der Waals surface area contributed by atoms with Gasteiger partial charge in [-0.2, -0.15) is 5.10 Å². The number of amides is 2. The topological polar surface area (TPSA) is 79.8 Å². The van der Waals surface area contributed by atoms with E-state index in [1.807, 2.05) is 36.4 Å². The molecule has 136 valence electrons. The van der Waals surface area contributed by atoms with Crippen molar-refractivity contribution >= 4 is 34.0 Å². The van der Waals surface area contributed by atoms with Crippen molar-refractivity contribution in [1.82, 2.24) is 10.7 Å². The average molecular weight is 418 g/mol. The molecule has 2 amide bonds. The first kappa shape index (κ1) is 19.7. The highest BCUT2D eigenvalue weighted by molar-refractivity contribution is 9.10. The number of nitrogens with one attached hydrogen (secondary N) is 2. The van der Waals surface area contributed by atoms with Crippen molar-refractivity contribution in [2.45, 2.75) is 19.4 Å². The third-order valence-electron chi connectivity index (χ3n) is 3.55. The van der Waals surface area contributed by atoms with Crippen molar-refractivity contribution < 1.29 is 14.3 Å². The van der Waals surface area contributed by atoms with Gasteiger partial charge in [-0.05, 0) is 42.3 Å². The number of rotatable bonds is 7. The molecule has 0 fully saturated rings. The average Bonchev–Trinajstić information content (AvgIpc) is 2.63. The molecule has 0 saturated carbocycles. The van der Waals surface area contributed by atoms with Gasteiger partial charge >= 0.3 is 0 Å². The van der Waals surface area contributed by atoms with Crippen LogP contribution in [0.5, 0.6) is 5.75 Å². The summed E-state index contributed by atoms with van der Waals surface area (Å²) in [5.74, 6) is 0.0988. The van der Waals surface area contributed by atoms with E-state index in [0.717, 1.165) is 21.3 Å². The lowest BCUT2D eigenvalue weighted by Gasteiger charge is -2.12.